The predicted octanol–water partition coefficient (Wildman–Crippen LogP) is 3.59. The van der Waals surface area contributed by atoms with Gasteiger partial charge in [0, 0.05) is 23.6 Å². The van der Waals surface area contributed by atoms with Crippen molar-refractivity contribution in [3.8, 4) is 0 Å². The van der Waals surface area contributed by atoms with E-state index in [1.165, 1.54) is 6.07 Å². The number of hydrogen-bond acceptors (Lipinski definition) is 3. The normalized spacial score (nSPS) is 12.2. The summed E-state index contributed by atoms with van der Waals surface area (Å²) in [6, 6.07) is 5.41. The molecule has 0 saturated heterocycles. The van der Waals surface area contributed by atoms with E-state index < -0.39 is 0 Å². The van der Waals surface area contributed by atoms with Crippen LogP contribution in [0, 0.1) is 10.1 Å². The van der Waals surface area contributed by atoms with Crippen LogP contribution in [0.25, 0.3) is 0 Å². The number of benzene rings is 1. The highest BCUT2D eigenvalue weighted by atomic mass is 79.9. The van der Waals surface area contributed by atoms with Crippen LogP contribution in [0.15, 0.2) is 22.7 Å². The molecule has 0 amide bonds. The van der Waals surface area contributed by atoms with E-state index in [1.807, 2.05) is 24.9 Å². The molecule has 0 N–H and O–H groups in total. The molecule has 1 atom stereocenters. The highest BCUT2D eigenvalue weighted by molar-refractivity contribution is 9.10. The van der Waals surface area contributed by atoms with Gasteiger partial charge in [0.25, 0.3) is 5.69 Å². The van der Waals surface area contributed by atoms with Crippen LogP contribution >= 0.6 is 15.9 Å². The molecule has 0 aliphatic rings. The maximum Gasteiger partial charge on any atom is 0.293 e. The van der Waals surface area contributed by atoms with Gasteiger partial charge in [-0.05, 0) is 25.5 Å². The fourth-order valence-electron chi connectivity index (χ4n) is 1.45. The van der Waals surface area contributed by atoms with Gasteiger partial charge >= 0.3 is 0 Å². The largest absolute Gasteiger partial charge is 0.366 e. The molecule has 1 aromatic carbocycles. The second-order valence-electron chi connectivity index (χ2n) is 3.76. The molecule has 16 heavy (non-hydrogen) atoms. The van der Waals surface area contributed by atoms with E-state index in [2.05, 4.69) is 22.9 Å². The Hall–Kier alpha value is -1.10. The number of rotatable bonds is 4. The first-order valence-corrected chi connectivity index (χ1v) is 5.93. The fraction of sp³-hybridized carbons (Fsp3) is 0.455. The molecule has 0 heterocycles. The van der Waals surface area contributed by atoms with E-state index in [-0.39, 0.29) is 16.7 Å². The molecule has 88 valence electrons. The molecular weight excluding hydrogens is 272 g/mol. The summed E-state index contributed by atoms with van der Waals surface area (Å²) in [7, 11) is 1.88. The van der Waals surface area contributed by atoms with Crippen molar-refractivity contribution in [2.24, 2.45) is 0 Å². The second kappa shape index (κ2) is 5.30. The topological polar surface area (TPSA) is 46.4 Å². The van der Waals surface area contributed by atoms with E-state index in [0.717, 1.165) is 10.9 Å². The third-order valence-corrected chi connectivity index (χ3v) is 3.26. The van der Waals surface area contributed by atoms with Gasteiger partial charge in [-0.1, -0.05) is 22.9 Å². The summed E-state index contributed by atoms with van der Waals surface area (Å²) in [5.41, 5.74) is 0.791. The van der Waals surface area contributed by atoms with Crippen LogP contribution in [0.1, 0.15) is 20.3 Å². The molecule has 0 fully saturated rings. The Morgan fingerprint density at radius 3 is 2.69 bits per heavy atom. The molecule has 0 bridgehead atoms. The molecule has 0 saturated carbocycles. The standard InChI is InChI=1S/C11H15BrN2O2/c1-4-8(2)13(3)10-6-5-9(12)7-11(10)14(15)16/h5-8H,4H2,1-3H3. The smallest absolute Gasteiger partial charge is 0.293 e. The third-order valence-electron chi connectivity index (χ3n) is 2.77. The minimum atomic E-state index is -0.348. The highest BCUT2D eigenvalue weighted by Gasteiger charge is 2.19. The van der Waals surface area contributed by atoms with Crippen LogP contribution in [0.2, 0.25) is 0 Å². The Labute approximate surface area is 104 Å². The van der Waals surface area contributed by atoms with E-state index >= 15 is 0 Å². The third kappa shape index (κ3) is 2.72. The quantitative estimate of drug-likeness (QED) is 0.628. The molecule has 1 rings (SSSR count). The molecule has 0 aromatic heterocycles. The Morgan fingerprint density at radius 2 is 2.19 bits per heavy atom. The second-order valence-corrected chi connectivity index (χ2v) is 4.67. The van der Waals surface area contributed by atoms with Crippen molar-refractivity contribution in [1.82, 2.24) is 0 Å². The van der Waals surface area contributed by atoms with Gasteiger partial charge in [-0.25, -0.2) is 0 Å². The van der Waals surface area contributed by atoms with E-state index in [0.29, 0.717) is 5.69 Å². The summed E-state index contributed by atoms with van der Waals surface area (Å²) < 4.78 is 0.723. The van der Waals surface area contributed by atoms with Gasteiger partial charge in [-0.3, -0.25) is 10.1 Å². The molecule has 0 aliphatic carbocycles. The number of nitro groups is 1. The maximum absolute atomic E-state index is 10.9. The lowest BCUT2D eigenvalue weighted by molar-refractivity contribution is -0.384. The summed E-state index contributed by atoms with van der Waals surface area (Å²) in [5, 5.41) is 10.9. The number of nitro benzene ring substituents is 1. The molecule has 0 radical (unpaired) electrons. The van der Waals surface area contributed by atoms with Crippen molar-refractivity contribution in [3.63, 3.8) is 0 Å². The van der Waals surface area contributed by atoms with Crippen LogP contribution in [0.5, 0.6) is 0 Å². The van der Waals surface area contributed by atoms with Crippen molar-refractivity contribution in [2.75, 3.05) is 11.9 Å². The summed E-state index contributed by atoms with van der Waals surface area (Å²) in [4.78, 5) is 12.5. The highest BCUT2D eigenvalue weighted by Crippen LogP contribution is 2.31. The van der Waals surface area contributed by atoms with Crippen molar-refractivity contribution in [3.05, 3.63) is 32.8 Å². The first-order chi connectivity index (χ1) is 7.47. The molecule has 0 aliphatic heterocycles. The molecule has 5 heteroatoms. The van der Waals surface area contributed by atoms with Crippen molar-refractivity contribution >= 4 is 27.3 Å². The molecule has 4 nitrogen and oxygen atoms in total. The minimum Gasteiger partial charge on any atom is -0.366 e. The summed E-state index contributed by atoms with van der Waals surface area (Å²) in [6.07, 6.45) is 0.948. The molecule has 0 spiro atoms. The summed E-state index contributed by atoms with van der Waals surface area (Å²) >= 11 is 3.24. The Morgan fingerprint density at radius 1 is 1.56 bits per heavy atom. The minimum absolute atomic E-state index is 0.136. The average Bonchev–Trinajstić information content (AvgIpc) is 2.26. The Bertz CT molecular complexity index is 396. The average molecular weight is 287 g/mol. The Balaban J connectivity index is 3.17. The molecule has 1 aromatic rings. The number of anilines is 1. The van der Waals surface area contributed by atoms with E-state index in [9.17, 15) is 10.1 Å². The number of hydrogen-bond donors (Lipinski definition) is 0. The molecule has 1 unspecified atom stereocenters. The van der Waals surface area contributed by atoms with Gasteiger partial charge in [0.15, 0.2) is 0 Å². The zero-order valence-electron chi connectivity index (χ0n) is 9.61. The number of halogens is 1. The van der Waals surface area contributed by atoms with Crippen molar-refractivity contribution in [2.45, 2.75) is 26.3 Å². The van der Waals surface area contributed by atoms with E-state index in [1.54, 1.807) is 6.07 Å². The lowest BCUT2D eigenvalue weighted by Gasteiger charge is -2.25. The zero-order valence-corrected chi connectivity index (χ0v) is 11.2. The van der Waals surface area contributed by atoms with Crippen LogP contribution in [0.3, 0.4) is 0 Å². The lowest BCUT2D eigenvalue weighted by atomic mass is 10.2. The molecular formula is C11H15BrN2O2. The van der Waals surface area contributed by atoms with Crippen molar-refractivity contribution in [1.29, 1.82) is 0 Å². The van der Waals surface area contributed by atoms with Crippen LogP contribution < -0.4 is 4.90 Å². The summed E-state index contributed by atoms with van der Waals surface area (Å²) in [6.45, 7) is 4.11. The monoisotopic (exact) mass is 286 g/mol. The van der Waals surface area contributed by atoms with Crippen LogP contribution in [-0.2, 0) is 0 Å². The van der Waals surface area contributed by atoms with Gasteiger partial charge in [0.05, 0.1) is 4.92 Å². The first-order valence-electron chi connectivity index (χ1n) is 5.14. The number of nitrogens with zero attached hydrogens (tertiary/aromatic N) is 2. The van der Waals surface area contributed by atoms with Gasteiger partial charge in [0.1, 0.15) is 5.69 Å². The predicted molar refractivity (Wildman–Crippen MR) is 69.0 cm³/mol. The summed E-state index contributed by atoms with van der Waals surface area (Å²) in [5.74, 6) is 0. The van der Waals surface area contributed by atoms with Crippen LogP contribution in [-0.4, -0.2) is 18.0 Å². The Kier molecular flexibility index (Phi) is 4.29. The first kappa shape index (κ1) is 13.0. The maximum atomic E-state index is 10.9. The van der Waals surface area contributed by atoms with Gasteiger partial charge in [-0.15, -0.1) is 0 Å². The van der Waals surface area contributed by atoms with Crippen molar-refractivity contribution < 1.29 is 4.92 Å². The lowest BCUT2D eigenvalue weighted by Crippen LogP contribution is -2.28. The SMILES string of the molecule is CCC(C)N(C)c1ccc(Br)cc1[N+](=O)[O-]. The van der Waals surface area contributed by atoms with Crippen LogP contribution in [0.4, 0.5) is 11.4 Å². The zero-order chi connectivity index (χ0) is 12.3. The van der Waals surface area contributed by atoms with Gasteiger partial charge < -0.3 is 4.90 Å². The van der Waals surface area contributed by atoms with E-state index in [4.69, 9.17) is 0 Å². The fourth-order valence-corrected chi connectivity index (χ4v) is 1.80. The van der Waals surface area contributed by atoms with Gasteiger partial charge in [0.2, 0.25) is 0 Å². The van der Waals surface area contributed by atoms with Gasteiger partial charge in [-0.2, -0.15) is 0 Å².